The molecule has 3 rings (SSSR count). The van der Waals surface area contributed by atoms with Crippen LogP contribution in [0.5, 0.6) is 0 Å². The summed E-state index contributed by atoms with van der Waals surface area (Å²) in [5.41, 5.74) is 1.21. The van der Waals surface area contributed by atoms with Gasteiger partial charge in [-0.3, -0.25) is 4.90 Å². The van der Waals surface area contributed by atoms with Gasteiger partial charge in [-0.15, -0.1) is 0 Å². The minimum absolute atomic E-state index is 0.109. The maximum atomic E-state index is 13.0. The highest BCUT2D eigenvalue weighted by molar-refractivity contribution is 7.89. The molecule has 7 nitrogen and oxygen atoms in total. The second-order valence-electron chi connectivity index (χ2n) is 7.23. The molecule has 2 aromatic rings. The number of sulfonamides is 2. The topological polar surface area (TPSA) is 78.0 Å². The second kappa shape index (κ2) is 9.57. The molecule has 0 unspecified atom stereocenters. The highest BCUT2D eigenvalue weighted by atomic mass is 32.2. The van der Waals surface area contributed by atoms with Crippen LogP contribution in [-0.4, -0.2) is 69.6 Å². The minimum Gasteiger partial charge on any atom is -0.296 e. The Labute approximate surface area is 180 Å². The monoisotopic (exact) mass is 451 g/mol. The Morgan fingerprint density at radius 1 is 0.767 bits per heavy atom. The third-order valence-corrected chi connectivity index (χ3v) is 9.36. The lowest BCUT2D eigenvalue weighted by molar-refractivity contribution is 0.181. The van der Waals surface area contributed by atoms with Gasteiger partial charge < -0.3 is 0 Å². The van der Waals surface area contributed by atoms with Crippen LogP contribution in [0.25, 0.3) is 0 Å². The van der Waals surface area contributed by atoms with Crippen molar-refractivity contribution in [1.29, 1.82) is 0 Å². The van der Waals surface area contributed by atoms with Crippen LogP contribution in [-0.2, 0) is 26.6 Å². The fraction of sp³-hybridized carbons (Fsp3) is 0.429. The zero-order chi connectivity index (χ0) is 21.8. The normalized spacial score (nSPS) is 16.8. The number of hydrogen-bond acceptors (Lipinski definition) is 5. The molecule has 0 radical (unpaired) electrons. The maximum absolute atomic E-state index is 13.0. The standard InChI is InChI=1S/C21H29N3O4S2/c1-3-23(4-2)29(25,26)20-10-12-21(13-11-20)30(27,28)24-16-14-22(15-17-24)18-19-8-6-5-7-9-19/h5-13H,3-4,14-18H2,1-2H3. The Morgan fingerprint density at radius 3 is 1.83 bits per heavy atom. The Hall–Kier alpha value is -1.78. The van der Waals surface area contributed by atoms with E-state index in [-0.39, 0.29) is 9.79 Å². The molecular weight excluding hydrogens is 422 g/mol. The van der Waals surface area contributed by atoms with E-state index in [1.807, 2.05) is 18.2 Å². The van der Waals surface area contributed by atoms with Gasteiger partial charge in [-0.2, -0.15) is 8.61 Å². The quantitative estimate of drug-likeness (QED) is 0.615. The van der Waals surface area contributed by atoms with Gasteiger partial charge in [-0.1, -0.05) is 44.2 Å². The van der Waals surface area contributed by atoms with Crippen molar-refractivity contribution in [2.45, 2.75) is 30.2 Å². The van der Waals surface area contributed by atoms with Gasteiger partial charge in [0.25, 0.3) is 0 Å². The molecule has 1 aliphatic heterocycles. The molecule has 0 N–H and O–H groups in total. The van der Waals surface area contributed by atoms with Crippen molar-refractivity contribution in [1.82, 2.24) is 13.5 Å². The molecule has 0 aliphatic carbocycles. The molecule has 0 atom stereocenters. The summed E-state index contributed by atoms with van der Waals surface area (Å²) >= 11 is 0. The van der Waals surface area contributed by atoms with Crippen LogP contribution in [0.4, 0.5) is 0 Å². The molecule has 1 saturated heterocycles. The molecule has 164 valence electrons. The van der Waals surface area contributed by atoms with Crippen LogP contribution in [0, 0.1) is 0 Å². The highest BCUT2D eigenvalue weighted by Gasteiger charge is 2.29. The summed E-state index contributed by atoms with van der Waals surface area (Å²) in [5.74, 6) is 0. The van der Waals surface area contributed by atoms with Gasteiger partial charge in [0.15, 0.2) is 0 Å². The summed E-state index contributed by atoms with van der Waals surface area (Å²) in [5, 5.41) is 0. The summed E-state index contributed by atoms with van der Waals surface area (Å²) in [6.45, 7) is 7.22. The molecule has 9 heteroatoms. The first-order valence-electron chi connectivity index (χ1n) is 10.2. The van der Waals surface area contributed by atoms with E-state index in [4.69, 9.17) is 0 Å². The van der Waals surface area contributed by atoms with Crippen molar-refractivity contribution < 1.29 is 16.8 Å². The predicted octanol–water partition coefficient (Wildman–Crippen LogP) is 2.22. The van der Waals surface area contributed by atoms with Gasteiger partial charge in [0.2, 0.25) is 20.0 Å². The van der Waals surface area contributed by atoms with Gasteiger partial charge in [-0.25, -0.2) is 16.8 Å². The van der Waals surface area contributed by atoms with E-state index >= 15 is 0 Å². The molecule has 30 heavy (non-hydrogen) atoms. The van der Waals surface area contributed by atoms with Crippen molar-refractivity contribution in [3.63, 3.8) is 0 Å². The second-order valence-corrected chi connectivity index (χ2v) is 11.1. The van der Waals surface area contributed by atoms with Crippen molar-refractivity contribution in [2.75, 3.05) is 39.3 Å². The van der Waals surface area contributed by atoms with Crippen LogP contribution in [0.1, 0.15) is 19.4 Å². The average molecular weight is 452 g/mol. The molecule has 0 bridgehead atoms. The van der Waals surface area contributed by atoms with Crippen LogP contribution < -0.4 is 0 Å². The summed E-state index contributed by atoms with van der Waals surface area (Å²) in [4.78, 5) is 2.47. The molecule has 0 aromatic heterocycles. The number of piperazine rings is 1. The van der Waals surface area contributed by atoms with Gasteiger partial charge in [0, 0.05) is 45.8 Å². The van der Waals surface area contributed by atoms with E-state index in [2.05, 4.69) is 17.0 Å². The zero-order valence-electron chi connectivity index (χ0n) is 17.4. The van der Waals surface area contributed by atoms with Crippen LogP contribution in [0.2, 0.25) is 0 Å². The molecular formula is C21H29N3O4S2. The molecule has 0 saturated carbocycles. The summed E-state index contributed by atoms with van der Waals surface area (Å²) in [6.07, 6.45) is 0. The Balaban J connectivity index is 1.68. The fourth-order valence-electron chi connectivity index (χ4n) is 3.61. The van der Waals surface area contributed by atoms with Crippen molar-refractivity contribution >= 4 is 20.0 Å². The van der Waals surface area contributed by atoms with Crippen LogP contribution >= 0.6 is 0 Å². The van der Waals surface area contributed by atoms with E-state index in [0.29, 0.717) is 39.3 Å². The molecule has 1 heterocycles. The average Bonchev–Trinajstić information content (AvgIpc) is 2.75. The molecule has 1 fully saturated rings. The van der Waals surface area contributed by atoms with Gasteiger partial charge in [0.05, 0.1) is 9.79 Å². The first kappa shape index (κ1) is 22.9. The number of nitrogens with zero attached hydrogens (tertiary/aromatic N) is 3. The molecule has 1 aliphatic rings. The first-order chi connectivity index (χ1) is 14.3. The maximum Gasteiger partial charge on any atom is 0.243 e. The van der Waals surface area contributed by atoms with E-state index in [1.165, 1.54) is 38.4 Å². The third kappa shape index (κ3) is 4.92. The minimum atomic E-state index is -3.65. The third-order valence-electron chi connectivity index (χ3n) is 5.38. The summed E-state index contributed by atoms with van der Waals surface area (Å²) in [7, 11) is -7.26. The van der Waals surface area contributed by atoms with Crippen molar-refractivity contribution in [2.24, 2.45) is 0 Å². The number of rotatable bonds is 8. The summed E-state index contributed by atoms with van der Waals surface area (Å²) in [6, 6.07) is 15.7. The summed E-state index contributed by atoms with van der Waals surface area (Å²) < 4.78 is 54.0. The van der Waals surface area contributed by atoms with Gasteiger partial charge in [-0.05, 0) is 29.8 Å². The molecule has 0 spiro atoms. The van der Waals surface area contributed by atoms with E-state index < -0.39 is 20.0 Å². The SMILES string of the molecule is CCN(CC)S(=O)(=O)c1ccc(S(=O)(=O)N2CCN(Cc3ccccc3)CC2)cc1. The lowest BCUT2D eigenvalue weighted by atomic mass is 10.2. The van der Waals surface area contributed by atoms with Gasteiger partial charge >= 0.3 is 0 Å². The zero-order valence-corrected chi connectivity index (χ0v) is 19.1. The Kier molecular flexibility index (Phi) is 7.30. The van der Waals surface area contributed by atoms with Crippen molar-refractivity contribution in [3.05, 3.63) is 60.2 Å². The largest absolute Gasteiger partial charge is 0.296 e. The van der Waals surface area contributed by atoms with E-state index in [1.54, 1.807) is 13.8 Å². The molecule has 0 amide bonds. The molecule has 2 aromatic carbocycles. The van der Waals surface area contributed by atoms with E-state index in [0.717, 1.165) is 6.54 Å². The van der Waals surface area contributed by atoms with Gasteiger partial charge in [0.1, 0.15) is 0 Å². The number of benzene rings is 2. The fourth-order valence-corrected chi connectivity index (χ4v) is 6.50. The first-order valence-corrected chi connectivity index (χ1v) is 13.0. The smallest absolute Gasteiger partial charge is 0.243 e. The lowest BCUT2D eigenvalue weighted by Gasteiger charge is -2.34. The Morgan fingerprint density at radius 2 is 1.30 bits per heavy atom. The lowest BCUT2D eigenvalue weighted by Crippen LogP contribution is -2.48. The van der Waals surface area contributed by atoms with Crippen LogP contribution in [0.15, 0.2) is 64.4 Å². The van der Waals surface area contributed by atoms with Crippen LogP contribution in [0.3, 0.4) is 0 Å². The highest BCUT2D eigenvalue weighted by Crippen LogP contribution is 2.22. The van der Waals surface area contributed by atoms with Crippen molar-refractivity contribution in [3.8, 4) is 0 Å². The Bertz CT molecular complexity index is 1030. The van der Waals surface area contributed by atoms with E-state index in [9.17, 15) is 16.8 Å². The predicted molar refractivity (Wildman–Crippen MR) is 117 cm³/mol. The number of hydrogen-bond donors (Lipinski definition) is 0.